The van der Waals surface area contributed by atoms with Gasteiger partial charge >= 0.3 is 11.9 Å². The molecule has 0 radical (unpaired) electrons. The molecule has 8 atom stereocenters. The molecule has 0 bridgehead atoms. The molecule has 1 saturated heterocycles. The number of ether oxygens (including phenoxy) is 3. The van der Waals surface area contributed by atoms with Gasteiger partial charge in [-0.2, -0.15) is 0 Å². The van der Waals surface area contributed by atoms with Crippen molar-refractivity contribution < 1.29 is 33.0 Å². The van der Waals surface area contributed by atoms with Gasteiger partial charge in [0.1, 0.15) is 11.7 Å². The summed E-state index contributed by atoms with van der Waals surface area (Å²) in [7, 11) is 1.36. The van der Waals surface area contributed by atoms with Gasteiger partial charge in [0.05, 0.1) is 32.2 Å². The van der Waals surface area contributed by atoms with E-state index in [2.05, 4.69) is 20.4 Å². The molecule has 2 heterocycles. The Morgan fingerprint density at radius 2 is 1.94 bits per heavy atom. The monoisotopic (exact) mass is 496 g/mol. The molecule has 0 N–H and O–H groups in total. The predicted octanol–water partition coefficient (Wildman–Crippen LogP) is 4.77. The summed E-state index contributed by atoms with van der Waals surface area (Å²) in [6, 6.07) is 2.00. The third-order valence-corrected chi connectivity index (χ3v) is 10.0. The normalized spacial score (nSPS) is 42.4. The Labute approximate surface area is 212 Å². The average Bonchev–Trinajstić information content (AvgIpc) is 3.16. The summed E-state index contributed by atoms with van der Waals surface area (Å²) in [5, 5.41) is 0. The number of furan rings is 1. The van der Waals surface area contributed by atoms with Crippen molar-refractivity contribution in [1.82, 2.24) is 0 Å². The van der Waals surface area contributed by atoms with Gasteiger partial charge in [0, 0.05) is 29.1 Å². The van der Waals surface area contributed by atoms with Crippen molar-refractivity contribution in [3.8, 4) is 0 Å². The van der Waals surface area contributed by atoms with Crippen molar-refractivity contribution in [1.29, 1.82) is 0 Å². The van der Waals surface area contributed by atoms with Gasteiger partial charge in [-0.1, -0.05) is 40.3 Å². The van der Waals surface area contributed by atoms with Crippen LogP contribution in [-0.2, 0) is 28.6 Å². The lowest BCUT2D eigenvalue weighted by Gasteiger charge is -2.57. The number of carbonyl (C=O) groups is 3. The van der Waals surface area contributed by atoms with Crippen LogP contribution in [0.2, 0.25) is 0 Å². The van der Waals surface area contributed by atoms with Gasteiger partial charge in [-0.05, 0) is 48.0 Å². The topological polar surface area (TPSA) is 95.3 Å². The number of hydrogen-bond acceptors (Lipinski definition) is 7. The van der Waals surface area contributed by atoms with Crippen LogP contribution in [0.5, 0.6) is 0 Å². The largest absolute Gasteiger partial charge is 0.472 e. The van der Waals surface area contributed by atoms with Crippen molar-refractivity contribution in [3.05, 3.63) is 48.5 Å². The molecule has 4 aliphatic rings. The molecule has 0 aromatic carbocycles. The summed E-state index contributed by atoms with van der Waals surface area (Å²) >= 11 is 0. The highest BCUT2D eigenvalue weighted by atomic mass is 16.6. The smallest absolute Gasteiger partial charge is 0.305 e. The van der Waals surface area contributed by atoms with E-state index in [0.717, 1.165) is 17.6 Å². The Morgan fingerprint density at radius 3 is 2.56 bits per heavy atom. The van der Waals surface area contributed by atoms with E-state index in [9.17, 15) is 14.4 Å². The zero-order valence-electron chi connectivity index (χ0n) is 22.0. The van der Waals surface area contributed by atoms with Crippen molar-refractivity contribution in [2.45, 2.75) is 77.6 Å². The van der Waals surface area contributed by atoms with Crippen LogP contribution >= 0.6 is 0 Å². The molecule has 3 aliphatic carbocycles. The van der Waals surface area contributed by atoms with Crippen LogP contribution in [0.15, 0.2) is 47.3 Å². The van der Waals surface area contributed by atoms with Gasteiger partial charge in [-0.25, -0.2) is 0 Å². The second kappa shape index (κ2) is 7.91. The van der Waals surface area contributed by atoms with Crippen molar-refractivity contribution in [2.75, 3.05) is 7.11 Å². The number of allylic oxidation sites excluding steroid dienone is 2. The maximum atomic E-state index is 13.0. The van der Waals surface area contributed by atoms with Crippen LogP contribution in [-0.4, -0.2) is 42.6 Å². The van der Waals surface area contributed by atoms with Crippen LogP contribution in [0.4, 0.5) is 0 Å². The van der Waals surface area contributed by atoms with E-state index < -0.39 is 28.5 Å². The van der Waals surface area contributed by atoms with E-state index in [0.29, 0.717) is 6.42 Å². The molecule has 2 saturated carbocycles. The second-order valence-corrected chi connectivity index (χ2v) is 12.1. The van der Waals surface area contributed by atoms with Crippen molar-refractivity contribution in [2.24, 2.45) is 28.1 Å². The standard InChI is InChI=1S/C29H36O7/c1-16-25(27(5)10-8-22(31)26(3,4)21(27)13-24(32)33-7)20(35-17(2)30)14-28(6)19(18-9-11-34-15-18)12-23-29(16,28)36-23/h8-11,15,19-21,23,25H,1,12-14H2,2-7H3. The molecule has 7 heteroatoms. The highest BCUT2D eigenvalue weighted by Crippen LogP contribution is 2.76. The molecule has 1 aromatic heterocycles. The Morgan fingerprint density at radius 1 is 1.22 bits per heavy atom. The Bertz CT molecular complexity index is 1150. The summed E-state index contributed by atoms with van der Waals surface area (Å²) in [6.45, 7) is 14.0. The van der Waals surface area contributed by atoms with Crippen molar-refractivity contribution >= 4 is 17.7 Å². The van der Waals surface area contributed by atoms with E-state index in [-0.39, 0.29) is 47.5 Å². The number of methoxy groups -OCH3 is 1. The Balaban J connectivity index is 1.63. The Kier molecular flexibility index (Phi) is 5.49. The van der Waals surface area contributed by atoms with Gasteiger partial charge in [0.25, 0.3) is 0 Å². The molecule has 1 spiro atoms. The highest BCUT2D eigenvalue weighted by molar-refractivity contribution is 5.96. The predicted molar refractivity (Wildman–Crippen MR) is 131 cm³/mol. The first-order chi connectivity index (χ1) is 16.8. The molecule has 3 fully saturated rings. The minimum Gasteiger partial charge on any atom is -0.472 e. The molecule has 36 heavy (non-hydrogen) atoms. The molecular formula is C29H36O7. The fourth-order valence-electron chi connectivity index (χ4n) is 8.23. The molecule has 5 rings (SSSR count). The summed E-state index contributed by atoms with van der Waals surface area (Å²) in [4.78, 5) is 38.0. The van der Waals surface area contributed by atoms with Gasteiger partial charge in [0.15, 0.2) is 5.78 Å². The number of ketones is 1. The number of hydrogen-bond donors (Lipinski definition) is 0. The first kappa shape index (κ1) is 25.0. The summed E-state index contributed by atoms with van der Waals surface area (Å²) in [5.74, 6) is -1.35. The zero-order chi connectivity index (χ0) is 26.3. The van der Waals surface area contributed by atoms with Gasteiger partial charge in [-0.3, -0.25) is 14.4 Å². The lowest BCUT2D eigenvalue weighted by molar-refractivity contribution is -0.164. The maximum absolute atomic E-state index is 13.0. The van der Waals surface area contributed by atoms with Gasteiger partial charge in [-0.15, -0.1) is 0 Å². The zero-order valence-corrected chi connectivity index (χ0v) is 22.0. The SMILES string of the molecule is C=C1C(C2(C)C=CC(=O)C(C)(C)C2CC(=O)OC)C(OC(C)=O)CC2(C)C(c3ccoc3)CC3OC132. The first-order valence-corrected chi connectivity index (χ1v) is 12.7. The van der Waals surface area contributed by atoms with Crippen LogP contribution in [0.25, 0.3) is 0 Å². The minimum atomic E-state index is -0.823. The molecule has 0 amide bonds. The third kappa shape index (κ3) is 3.17. The van der Waals surface area contributed by atoms with E-state index >= 15 is 0 Å². The lowest BCUT2D eigenvalue weighted by Crippen LogP contribution is -2.59. The molecular weight excluding hydrogens is 460 g/mol. The van der Waals surface area contributed by atoms with Gasteiger partial charge in [0.2, 0.25) is 0 Å². The van der Waals surface area contributed by atoms with E-state index in [1.807, 2.05) is 26.0 Å². The second-order valence-electron chi connectivity index (χ2n) is 12.1. The van der Waals surface area contributed by atoms with E-state index in [1.54, 1.807) is 18.6 Å². The molecule has 1 aromatic rings. The summed E-state index contributed by atoms with van der Waals surface area (Å²) in [5.41, 5.74) is -0.453. The van der Waals surface area contributed by atoms with E-state index in [1.165, 1.54) is 14.0 Å². The number of esters is 2. The number of epoxide rings is 1. The minimum absolute atomic E-state index is 0.0144. The van der Waals surface area contributed by atoms with Crippen molar-refractivity contribution in [3.63, 3.8) is 0 Å². The van der Waals surface area contributed by atoms with Crippen LogP contribution in [0.3, 0.4) is 0 Å². The average molecular weight is 497 g/mol. The lowest BCUT2D eigenvalue weighted by atomic mass is 9.47. The van der Waals surface area contributed by atoms with Crippen LogP contribution < -0.4 is 0 Å². The maximum Gasteiger partial charge on any atom is 0.305 e. The van der Waals surface area contributed by atoms with Gasteiger partial charge < -0.3 is 18.6 Å². The molecule has 8 unspecified atom stereocenters. The Hall–Kier alpha value is -2.67. The quantitative estimate of drug-likeness (QED) is 0.329. The fraction of sp³-hybridized carbons (Fsp3) is 0.621. The third-order valence-electron chi connectivity index (χ3n) is 10.0. The first-order valence-electron chi connectivity index (χ1n) is 12.7. The molecule has 194 valence electrons. The highest BCUT2D eigenvalue weighted by Gasteiger charge is 2.80. The fourth-order valence-corrected chi connectivity index (χ4v) is 8.23. The van der Waals surface area contributed by atoms with Crippen LogP contribution in [0, 0.1) is 28.1 Å². The van der Waals surface area contributed by atoms with E-state index in [4.69, 9.17) is 18.6 Å². The molecule has 7 nitrogen and oxygen atoms in total. The summed E-state index contributed by atoms with van der Waals surface area (Å²) < 4.78 is 23.0. The number of carbonyl (C=O) groups excluding carboxylic acids is 3. The number of rotatable bonds is 5. The summed E-state index contributed by atoms with van der Waals surface area (Å²) in [6.07, 6.45) is 7.98. The molecule has 1 aliphatic heterocycles. The van der Waals surface area contributed by atoms with Crippen LogP contribution in [0.1, 0.15) is 65.4 Å².